The van der Waals surface area contributed by atoms with E-state index in [1.165, 1.54) is 0 Å². The molecule has 2 aromatic carbocycles. The minimum Gasteiger partial charge on any atom is -0.378 e. The molecule has 2 amide bonds. The minimum atomic E-state index is -1.25. The maximum absolute atomic E-state index is 12.3. The molecule has 2 aromatic rings. The first-order valence-electron chi connectivity index (χ1n) is 7.60. The van der Waals surface area contributed by atoms with E-state index in [2.05, 4.69) is 5.32 Å². The summed E-state index contributed by atoms with van der Waals surface area (Å²) in [6.45, 7) is 0.646. The number of hydrogen-bond donors (Lipinski definition) is 2. The van der Waals surface area contributed by atoms with Crippen molar-refractivity contribution >= 4 is 23.2 Å². The van der Waals surface area contributed by atoms with Crippen molar-refractivity contribution in [3.63, 3.8) is 0 Å². The van der Waals surface area contributed by atoms with Crippen LogP contribution in [0.15, 0.2) is 54.6 Å². The van der Waals surface area contributed by atoms with Gasteiger partial charge in [0.2, 0.25) is 5.91 Å². The molecule has 0 saturated carbocycles. The molecule has 2 N–H and O–H groups in total. The van der Waals surface area contributed by atoms with Gasteiger partial charge in [-0.15, -0.1) is 0 Å². The number of nitrogens with one attached hydrogen (secondary N) is 1. The first kappa shape index (κ1) is 15.2. The van der Waals surface area contributed by atoms with Crippen molar-refractivity contribution in [1.82, 2.24) is 0 Å². The number of carbonyl (C=O) groups is 2. The fourth-order valence-corrected chi connectivity index (χ4v) is 2.71. The van der Waals surface area contributed by atoms with Crippen LogP contribution in [-0.4, -0.2) is 23.5 Å². The quantitative estimate of drug-likeness (QED) is 0.911. The van der Waals surface area contributed by atoms with Crippen LogP contribution < -0.4 is 10.2 Å². The van der Waals surface area contributed by atoms with E-state index in [1.807, 2.05) is 12.1 Å². The number of benzene rings is 2. The van der Waals surface area contributed by atoms with Crippen molar-refractivity contribution in [2.45, 2.75) is 18.9 Å². The Kier molecular flexibility index (Phi) is 4.39. The first-order valence-corrected chi connectivity index (χ1v) is 7.60. The Balaban J connectivity index is 1.80. The van der Waals surface area contributed by atoms with Gasteiger partial charge in [0.25, 0.3) is 5.91 Å². The maximum Gasteiger partial charge on any atom is 0.257 e. The van der Waals surface area contributed by atoms with Gasteiger partial charge >= 0.3 is 0 Å². The molecule has 0 radical (unpaired) electrons. The van der Waals surface area contributed by atoms with Crippen molar-refractivity contribution in [2.75, 3.05) is 16.8 Å². The van der Waals surface area contributed by atoms with Crippen LogP contribution in [0.5, 0.6) is 0 Å². The Morgan fingerprint density at radius 1 is 1.09 bits per heavy atom. The zero-order valence-corrected chi connectivity index (χ0v) is 12.6. The molecule has 1 fully saturated rings. The first-order chi connectivity index (χ1) is 11.2. The van der Waals surface area contributed by atoms with E-state index in [9.17, 15) is 14.7 Å². The highest BCUT2D eigenvalue weighted by Gasteiger charge is 2.25. The second kappa shape index (κ2) is 6.62. The molecule has 5 nitrogen and oxygen atoms in total. The smallest absolute Gasteiger partial charge is 0.257 e. The molecule has 1 aliphatic heterocycles. The van der Waals surface area contributed by atoms with Crippen LogP contribution in [0.3, 0.4) is 0 Å². The number of anilines is 2. The highest BCUT2D eigenvalue weighted by molar-refractivity contribution is 6.03. The SMILES string of the molecule is O=C(Nc1ccccc1N1CCCC1=O)C(O)c1ccccc1. The lowest BCUT2D eigenvalue weighted by Gasteiger charge is -2.20. The molecule has 3 rings (SSSR count). The number of nitrogens with zero attached hydrogens (tertiary/aromatic N) is 1. The van der Waals surface area contributed by atoms with Gasteiger partial charge in [0, 0.05) is 13.0 Å². The average Bonchev–Trinajstić information content (AvgIpc) is 3.01. The Labute approximate surface area is 134 Å². The molecule has 23 heavy (non-hydrogen) atoms. The molecule has 0 bridgehead atoms. The summed E-state index contributed by atoms with van der Waals surface area (Å²) in [7, 11) is 0. The number of hydrogen-bond acceptors (Lipinski definition) is 3. The summed E-state index contributed by atoms with van der Waals surface area (Å²) in [6.07, 6.45) is 0.0846. The van der Waals surface area contributed by atoms with Gasteiger partial charge in [0.15, 0.2) is 6.10 Å². The standard InChI is InChI=1S/C18H18N2O3/c21-16-11-6-12-20(16)15-10-5-4-9-14(15)19-18(23)17(22)13-7-2-1-3-8-13/h1-5,7-10,17,22H,6,11-12H2,(H,19,23). The number of aliphatic hydroxyl groups is 1. The third-order valence-corrected chi connectivity index (χ3v) is 3.89. The Morgan fingerprint density at radius 2 is 1.78 bits per heavy atom. The summed E-state index contributed by atoms with van der Waals surface area (Å²) in [5, 5.41) is 12.9. The fourth-order valence-electron chi connectivity index (χ4n) is 2.71. The molecule has 0 spiro atoms. The van der Waals surface area contributed by atoms with Gasteiger partial charge < -0.3 is 15.3 Å². The third-order valence-electron chi connectivity index (χ3n) is 3.89. The van der Waals surface area contributed by atoms with E-state index in [1.54, 1.807) is 47.4 Å². The molecule has 0 aromatic heterocycles. The maximum atomic E-state index is 12.3. The number of rotatable bonds is 4. The van der Waals surface area contributed by atoms with E-state index < -0.39 is 12.0 Å². The number of aliphatic hydroxyl groups excluding tert-OH is 1. The number of para-hydroxylation sites is 2. The van der Waals surface area contributed by atoms with E-state index in [0.717, 1.165) is 6.42 Å². The second-order valence-electron chi connectivity index (χ2n) is 5.47. The van der Waals surface area contributed by atoms with E-state index in [0.29, 0.717) is 29.9 Å². The summed E-state index contributed by atoms with van der Waals surface area (Å²) in [6, 6.07) is 15.9. The minimum absolute atomic E-state index is 0.0512. The molecule has 5 heteroatoms. The van der Waals surface area contributed by atoms with Gasteiger partial charge in [-0.2, -0.15) is 0 Å². The molecule has 1 saturated heterocycles. The molecule has 1 heterocycles. The largest absolute Gasteiger partial charge is 0.378 e. The Bertz CT molecular complexity index is 715. The van der Waals surface area contributed by atoms with Crippen molar-refractivity contribution in [1.29, 1.82) is 0 Å². The molecular formula is C18H18N2O3. The number of amides is 2. The van der Waals surface area contributed by atoms with Crippen LogP contribution in [0, 0.1) is 0 Å². The summed E-state index contributed by atoms with van der Waals surface area (Å²) in [5.74, 6) is -0.467. The van der Waals surface area contributed by atoms with Crippen molar-refractivity contribution in [3.8, 4) is 0 Å². The van der Waals surface area contributed by atoms with Gasteiger partial charge in [0.1, 0.15) is 0 Å². The van der Waals surface area contributed by atoms with Crippen LogP contribution in [-0.2, 0) is 9.59 Å². The zero-order chi connectivity index (χ0) is 16.2. The zero-order valence-electron chi connectivity index (χ0n) is 12.6. The molecule has 1 unspecified atom stereocenters. The summed E-state index contributed by atoms with van der Waals surface area (Å²) < 4.78 is 0. The van der Waals surface area contributed by atoms with Gasteiger partial charge in [0.05, 0.1) is 11.4 Å². The average molecular weight is 310 g/mol. The van der Waals surface area contributed by atoms with Crippen molar-refractivity contribution < 1.29 is 14.7 Å². The predicted octanol–water partition coefficient (Wildman–Crippen LogP) is 2.49. The van der Waals surface area contributed by atoms with Crippen LogP contribution in [0.25, 0.3) is 0 Å². The molecule has 1 atom stereocenters. The second-order valence-corrected chi connectivity index (χ2v) is 5.47. The highest BCUT2D eigenvalue weighted by atomic mass is 16.3. The monoisotopic (exact) mass is 310 g/mol. The van der Waals surface area contributed by atoms with Crippen LogP contribution >= 0.6 is 0 Å². The summed E-state index contributed by atoms with van der Waals surface area (Å²) in [4.78, 5) is 25.9. The van der Waals surface area contributed by atoms with Crippen molar-refractivity contribution in [3.05, 3.63) is 60.2 Å². The molecule has 0 aliphatic carbocycles. The van der Waals surface area contributed by atoms with Crippen LogP contribution in [0.4, 0.5) is 11.4 Å². The third kappa shape index (κ3) is 3.24. The number of carbonyl (C=O) groups excluding carboxylic acids is 2. The fraction of sp³-hybridized carbons (Fsp3) is 0.222. The lowest BCUT2D eigenvalue weighted by Crippen LogP contribution is -2.27. The van der Waals surface area contributed by atoms with Gasteiger partial charge in [-0.1, -0.05) is 42.5 Å². The topological polar surface area (TPSA) is 69.6 Å². The molecule has 1 aliphatic rings. The van der Waals surface area contributed by atoms with Gasteiger partial charge in [-0.3, -0.25) is 9.59 Å². The lowest BCUT2D eigenvalue weighted by atomic mass is 10.1. The van der Waals surface area contributed by atoms with Crippen molar-refractivity contribution in [2.24, 2.45) is 0 Å². The van der Waals surface area contributed by atoms with E-state index in [-0.39, 0.29) is 5.91 Å². The Hall–Kier alpha value is -2.66. The van der Waals surface area contributed by atoms with Gasteiger partial charge in [-0.25, -0.2) is 0 Å². The van der Waals surface area contributed by atoms with E-state index >= 15 is 0 Å². The van der Waals surface area contributed by atoms with Crippen LogP contribution in [0.1, 0.15) is 24.5 Å². The van der Waals surface area contributed by atoms with Crippen LogP contribution in [0.2, 0.25) is 0 Å². The predicted molar refractivity (Wildman–Crippen MR) is 88.1 cm³/mol. The summed E-state index contributed by atoms with van der Waals surface area (Å²) >= 11 is 0. The Morgan fingerprint density at radius 3 is 2.48 bits per heavy atom. The highest BCUT2D eigenvalue weighted by Crippen LogP contribution is 2.30. The molecular weight excluding hydrogens is 292 g/mol. The van der Waals surface area contributed by atoms with E-state index in [4.69, 9.17) is 0 Å². The summed E-state index contributed by atoms with van der Waals surface area (Å²) in [5.41, 5.74) is 1.73. The molecule has 118 valence electrons. The lowest BCUT2D eigenvalue weighted by molar-refractivity contribution is -0.124. The normalized spacial score (nSPS) is 15.5. The van der Waals surface area contributed by atoms with Gasteiger partial charge in [-0.05, 0) is 24.1 Å².